The quantitative estimate of drug-likeness (QED) is 0.288. The first-order valence-corrected chi connectivity index (χ1v) is 8.13. The first-order valence-electron chi connectivity index (χ1n) is 7.72. The molecule has 0 spiro atoms. The molecular weight excluding hydrogens is 388 g/mol. The van der Waals surface area contributed by atoms with E-state index in [9.17, 15) is 25.3 Å². The number of hydrogen-bond donors (Lipinski definition) is 2. The SMILES string of the molecule is Cc1ccc(-c2n[nH]c(=S)n2/N=C\c2cc([N+](=O)[O-])cc([N+](=O)[O-])c2O)cc1. The van der Waals surface area contributed by atoms with Crippen LogP contribution < -0.4 is 0 Å². The number of H-pyrrole nitrogens is 1. The molecule has 0 bridgehead atoms. The van der Waals surface area contributed by atoms with Crippen molar-refractivity contribution < 1.29 is 15.0 Å². The summed E-state index contributed by atoms with van der Waals surface area (Å²) in [6.45, 7) is 1.93. The average Bonchev–Trinajstić information content (AvgIpc) is 3.01. The zero-order chi connectivity index (χ0) is 20.4. The molecule has 0 fully saturated rings. The monoisotopic (exact) mass is 400 g/mol. The van der Waals surface area contributed by atoms with Crippen molar-refractivity contribution in [2.75, 3.05) is 0 Å². The summed E-state index contributed by atoms with van der Waals surface area (Å²) >= 11 is 5.13. The zero-order valence-electron chi connectivity index (χ0n) is 14.3. The van der Waals surface area contributed by atoms with E-state index in [0.29, 0.717) is 17.5 Å². The Balaban J connectivity index is 2.09. The minimum atomic E-state index is -0.916. The van der Waals surface area contributed by atoms with Crippen molar-refractivity contribution in [2.24, 2.45) is 5.10 Å². The molecule has 0 atom stereocenters. The summed E-state index contributed by atoms with van der Waals surface area (Å²) < 4.78 is 1.37. The lowest BCUT2D eigenvalue weighted by molar-refractivity contribution is -0.394. The standard InChI is InChI=1S/C16H12N6O5S/c1-9-2-4-10(5-3-9)15-18-19-16(28)20(15)17-8-11-6-12(21(24)25)7-13(14(11)23)22(26)27/h2-8,23H,1H3,(H,19,28)/b17-8-. The molecule has 2 N–H and O–H groups in total. The van der Waals surface area contributed by atoms with Gasteiger partial charge >= 0.3 is 5.69 Å². The molecule has 1 heterocycles. The number of nitro benzene ring substituents is 2. The van der Waals surface area contributed by atoms with Gasteiger partial charge in [-0.3, -0.25) is 20.2 Å². The lowest BCUT2D eigenvalue weighted by Gasteiger charge is -2.03. The summed E-state index contributed by atoms with van der Waals surface area (Å²) in [5.41, 5.74) is 0.177. The Hall–Kier alpha value is -3.93. The molecule has 2 aromatic carbocycles. The van der Waals surface area contributed by atoms with E-state index >= 15 is 0 Å². The van der Waals surface area contributed by atoms with Crippen LogP contribution in [-0.4, -0.2) is 36.0 Å². The normalized spacial score (nSPS) is 11.0. The van der Waals surface area contributed by atoms with Crippen molar-refractivity contribution in [2.45, 2.75) is 6.92 Å². The van der Waals surface area contributed by atoms with Gasteiger partial charge in [0.25, 0.3) is 5.69 Å². The molecule has 0 aliphatic heterocycles. The lowest BCUT2D eigenvalue weighted by Crippen LogP contribution is -1.99. The van der Waals surface area contributed by atoms with E-state index in [1.807, 2.05) is 31.2 Å². The van der Waals surface area contributed by atoms with Gasteiger partial charge in [-0.1, -0.05) is 29.8 Å². The van der Waals surface area contributed by atoms with Crippen LogP contribution in [0.5, 0.6) is 5.75 Å². The molecule has 12 heteroatoms. The Morgan fingerprint density at radius 2 is 1.89 bits per heavy atom. The number of aromatic amines is 1. The number of nitrogens with one attached hydrogen (secondary N) is 1. The van der Waals surface area contributed by atoms with Crippen LogP contribution in [0.2, 0.25) is 0 Å². The maximum absolute atomic E-state index is 11.0. The number of aryl methyl sites for hydroxylation is 1. The molecule has 0 unspecified atom stereocenters. The van der Waals surface area contributed by atoms with Gasteiger partial charge < -0.3 is 5.11 Å². The second kappa shape index (κ2) is 7.36. The summed E-state index contributed by atoms with van der Waals surface area (Å²) in [6.07, 6.45) is 1.04. The number of hydrogen-bond acceptors (Lipinski definition) is 8. The predicted molar refractivity (Wildman–Crippen MR) is 102 cm³/mol. The van der Waals surface area contributed by atoms with E-state index in [4.69, 9.17) is 12.2 Å². The van der Waals surface area contributed by atoms with Crippen molar-refractivity contribution >= 4 is 29.8 Å². The van der Waals surface area contributed by atoms with Crippen molar-refractivity contribution in [3.05, 3.63) is 72.5 Å². The number of nitro groups is 2. The summed E-state index contributed by atoms with van der Waals surface area (Å²) in [5, 5.41) is 42.9. The van der Waals surface area contributed by atoms with Crippen LogP contribution in [0.1, 0.15) is 11.1 Å². The summed E-state index contributed by atoms with van der Waals surface area (Å²) in [7, 11) is 0. The number of phenolic OH excluding ortho intramolecular Hbond substituents is 1. The van der Waals surface area contributed by atoms with E-state index in [1.165, 1.54) is 4.68 Å². The van der Waals surface area contributed by atoms with Gasteiger partial charge in [0.15, 0.2) is 5.82 Å². The zero-order valence-corrected chi connectivity index (χ0v) is 15.1. The van der Waals surface area contributed by atoms with E-state index in [-0.39, 0.29) is 10.3 Å². The van der Waals surface area contributed by atoms with Gasteiger partial charge in [-0.25, -0.2) is 5.10 Å². The van der Waals surface area contributed by atoms with Gasteiger partial charge in [0.2, 0.25) is 10.5 Å². The Morgan fingerprint density at radius 3 is 2.50 bits per heavy atom. The summed E-state index contributed by atoms with van der Waals surface area (Å²) in [4.78, 5) is 20.3. The molecule has 11 nitrogen and oxygen atoms in total. The first-order chi connectivity index (χ1) is 13.3. The molecule has 28 heavy (non-hydrogen) atoms. The van der Waals surface area contributed by atoms with Crippen LogP contribution in [0.3, 0.4) is 0 Å². The highest BCUT2D eigenvalue weighted by Gasteiger charge is 2.23. The molecule has 0 amide bonds. The van der Waals surface area contributed by atoms with Crippen LogP contribution in [-0.2, 0) is 0 Å². The summed E-state index contributed by atoms with van der Waals surface area (Å²) in [6, 6.07) is 9.01. The van der Waals surface area contributed by atoms with Crippen LogP contribution in [0.4, 0.5) is 11.4 Å². The Bertz CT molecular complexity index is 1170. The first kappa shape index (κ1) is 18.8. The maximum atomic E-state index is 11.0. The van der Waals surface area contributed by atoms with E-state index in [1.54, 1.807) is 0 Å². The number of non-ortho nitro benzene ring substituents is 1. The lowest BCUT2D eigenvalue weighted by atomic mass is 10.1. The third-order valence-corrected chi connectivity index (χ3v) is 4.05. The molecule has 3 aromatic rings. The molecule has 142 valence electrons. The molecule has 1 aromatic heterocycles. The van der Waals surface area contributed by atoms with Gasteiger partial charge in [0, 0.05) is 11.6 Å². The molecule has 0 radical (unpaired) electrons. The second-order valence-electron chi connectivity index (χ2n) is 5.69. The Morgan fingerprint density at radius 1 is 1.21 bits per heavy atom. The van der Waals surface area contributed by atoms with Crippen molar-refractivity contribution in [1.82, 2.24) is 14.9 Å². The number of aromatic hydroxyl groups is 1. The van der Waals surface area contributed by atoms with E-state index < -0.39 is 27.0 Å². The highest BCUT2D eigenvalue weighted by molar-refractivity contribution is 7.71. The fraction of sp³-hybridized carbons (Fsp3) is 0.0625. The highest BCUT2D eigenvalue weighted by Crippen LogP contribution is 2.33. The predicted octanol–water partition coefficient (Wildman–Crippen LogP) is 3.32. The van der Waals surface area contributed by atoms with Crippen molar-refractivity contribution in [3.8, 4) is 17.1 Å². The van der Waals surface area contributed by atoms with Crippen molar-refractivity contribution in [3.63, 3.8) is 0 Å². The maximum Gasteiger partial charge on any atom is 0.318 e. The average molecular weight is 400 g/mol. The second-order valence-corrected chi connectivity index (χ2v) is 6.08. The van der Waals surface area contributed by atoms with E-state index in [0.717, 1.165) is 17.8 Å². The van der Waals surface area contributed by atoms with Crippen LogP contribution >= 0.6 is 12.2 Å². The van der Waals surface area contributed by atoms with Crippen LogP contribution in [0.25, 0.3) is 11.4 Å². The van der Waals surface area contributed by atoms with Gasteiger partial charge in [-0.05, 0) is 19.1 Å². The molecule has 3 rings (SSSR count). The number of benzene rings is 2. The van der Waals surface area contributed by atoms with Gasteiger partial charge in [-0.2, -0.15) is 14.9 Å². The minimum Gasteiger partial charge on any atom is -0.502 e. The smallest absolute Gasteiger partial charge is 0.318 e. The number of nitrogens with zero attached hydrogens (tertiary/aromatic N) is 5. The third-order valence-electron chi connectivity index (χ3n) is 3.78. The Labute approximate surface area is 161 Å². The Kier molecular flexibility index (Phi) is 4.96. The molecule has 0 aliphatic carbocycles. The largest absolute Gasteiger partial charge is 0.502 e. The number of rotatable bonds is 5. The molecule has 0 aliphatic rings. The summed E-state index contributed by atoms with van der Waals surface area (Å²) in [5.74, 6) is -0.382. The minimum absolute atomic E-state index is 0.131. The van der Waals surface area contributed by atoms with Crippen LogP contribution in [0.15, 0.2) is 41.5 Å². The van der Waals surface area contributed by atoms with Gasteiger partial charge in [0.1, 0.15) is 0 Å². The van der Waals surface area contributed by atoms with Crippen LogP contribution in [0, 0.1) is 31.9 Å². The highest BCUT2D eigenvalue weighted by atomic mass is 32.1. The fourth-order valence-electron chi connectivity index (χ4n) is 2.38. The third kappa shape index (κ3) is 3.61. The number of aromatic nitrogens is 3. The molecule has 0 saturated heterocycles. The fourth-order valence-corrected chi connectivity index (χ4v) is 2.56. The van der Waals surface area contributed by atoms with Gasteiger partial charge in [-0.15, -0.1) is 0 Å². The van der Waals surface area contributed by atoms with E-state index in [2.05, 4.69) is 15.3 Å². The molecule has 0 saturated carbocycles. The van der Waals surface area contributed by atoms with Gasteiger partial charge in [0.05, 0.1) is 27.7 Å². The molecular formula is C16H12N6O5S. The van der Waals surface area contributed by atoms with Crippen molar-refractivity contribution in [1.29, 1.82) is 0 Å². The topological polar surface area (TPSA) is 152 Å². The number of phenols is 1.